The normalized spacial score (nSPS) is 16.4. The molecule has 0 spiro atoms. The van der Waals surface area contributed by atoms with E-state index in [1.807, 2.05) is 42.5 Å². The Hall–Kier alpha value is -1.98. The Morgan fingerprint density at radius 1 is 1.23 bits per heavy atom. The van der Waals surface area contributed by atoms with Crippen molar-refractivity contribution in [1.29, 1.82) is 0 Å². The highest BCUT2D eigenvalue weighted by Crippen LogP contribution is 2.21. The van der Waals surface area contributed by atoms with Gasteiger partial charge in [-0.05, 0) is 49.1 Å². The zero-order chi connectivity index (χ0) is 18.2. The average Bonchev–Trinajstić information content (AvgIpc) is 3.18. The maximum absolute atomic E-state index is 12.0. The van der Waals surface area contributed by atoms with Gasteiger partial charge in [0.15, 0.2) is 0 Å². The topological polar surface area (TPSA) is 47.6 Å². The highest BCUT2D eigenvalue weighted by atomic mass is 32.2. The van der Waals surface area contributed by atoms with Gasteiger partial charge in [-0.15, -0.1) is 11.8 Å². The lowest BCUT2D eigenvalue weighted by atomic mass is 10.2. The van der Waals surface area contributed by atoms with Crippen LogP contribution in [0.5, 0.6) is 5.75 Å². The summed E-state index contributed by atoms with van der Waals surface area (Å²) in [6.45, 7) is 4.03. The van der Waals surface area contributed by atoms with Crippen molar-refractivity contribution in [2.75, 3.05) is 19.0 Å². The lowest BCUT2D eigenvalue weighted by molar-refractivity contribution is -0.118. The van der Waals surface area contributed by atoms with Crippen molar-refractivity contribution in [3.05, 3.63) is 59.7 Å². The maximum atomic E-state index is 12.0. The van der Waals surface area contributed by atoms with E-state index in [-0.39, 0.29) is 12.0 Å². The van der Waals surface area contributed by atoms with Gasteiger partial charge in [-0.1, -0.05) is 30.3 Å². The Kier molecular flexibility index (Phi) is 6.97. The number of hydrogen-bond acceptors (Lipinski definition) is 4. The average molecular weight is 372 g/mol. The second-order valence-electron chi connectivity index (χ2n) is 6.42. The van der Waals surface area contributed by atoms with Crippen molar-refractivity contribution < 1.29 is 14.3 Å². The van der Waals surface area contributed by atoms with Crippen LogP contribution in [0, 0.1) is 6.92 Å². The van der Waals surface area contributed by atoms with Gasteiger partial charge in [-0.2, -0.15) is 0 Å². The lowest BCUT2D eigenvalue weighted by Crippen LogP contribution is -2.24. The van der Waals surface area contributed by atoms with Gasteiger partial charge < -0.3 is 14.8 Å². The van der Waals surface area contributed by atoms with Crippen LogP contribution in [0.4, 0.5) is 0 Å². The number of aryl methyl sites for hydroxylation is 1. The molecule has 3 rings (SSSR count). The molecule has 0 aliphatic carbocycles. The van der Waals surface area contributed by atoms with Gasteiger partial charge in [-0.3, -0.25) is 4.79 Å². The van der Waals surface area contributed by atoms with Gasteiger partial charge in [0.1, 0.15) is 12.4 Å². The summed E-state index contributed by atoms with van der Waals surface area (Å²) < 4.78 is 11.3. The van der Waals surface area contributed by atoms with Crippen LogP contribution >= 0.6 is 11.8 Å². The molecule has 4 nitrogen and oxygen atoms in total. The third-order valence-electron chi connectivity index (χ3n) is 4.33. The first-order valence-electron chi connectivity index (χ1n) is 8.99. The number of rotatable bonds is 8. The van der Waals surface area contributed by atoms with E-state index in [2.05, 4.69) is 18.3 Å². The minimum absolute atomic E-state index is 0.0389. The summed E-state index contributed by atoms with van der Waals surface area (Å²) in [6, 6.07) is 16.0. The number of nitrogens with one attached hydrogen (secondary N) is 1. The predicted molar refractivity (Wildman–Crippen MR) is 105 cm³/mol. The summed E-state index contributed by atoms with van der Waals surface area (Å²) in [5.41, 5.74) is 2.26. The zero-order valence-electron chi connectivity index (χ0n) is 15.1. The number of thioether (sulfide) groups is 1. The molecule has 1 atom stereocenters. The Bertz CT molecular complexity index is 711. The number of benzene rings is 2. The molecule has 2 aromatic carbocycles. The predicted octanol–water partition coefficient (Wildman–Crippen LogP) is 3.96. The monoisotopic (exact) mass is 371 g/mol. The van der Waals surface area contributed by atoms with Crippen molar-refractivity contribution in [2.45, 2.75) is 37.3 Å². The molecule has 0 aromatic heterocycles. The number of hydrogen-bond donors (Lipinski definition) is 1. The molecule has 5 heteroatoms. The van der Waals surface area contributed by atoms with E-state index >= 15 is 0 Å². The number of amides is 1. The van der Waals surface area contributed by atoms with Gasteiger partial charge in [-0.25, -0.2) is 0 Å². The van der Waals surface area contributed by atoms with Crippen LogP contribution in [0.25, 0.3) is 0 Å². The van der Waals surface area contributed by atoms with E-state index in [0.29, 0.717) is 18.9 Å². The fourth-order valence-corrected chi connectivity index (χ4v) is 3.64. The molecule has 1 unspecified atom stereocenters. The largest absolute Gasteiger partial charge is 0.491 e. The van der Waals surface area contributed by atoms with Gasteiger partial charge in [0.05, 0.1) is 11.9 Å². The van der Waals surface area contributed by atoms with Crippen LogP contribution in [0.1, 0.15) is 24.0 Å². The number of carbonyl (C=O) groups excluding carboxylic acids is 1. The van der Waals surface area contributed by atoms with Crippen LogP contribution in [0.3, 0.4) is 0 Å². The van der Waals surface area contributed by atoms with E-state index in [1.54, 1.807) is 11.8 Å². The summed E-state index contributed by atoms with van der Waals surface area (Å²) in [4.78, 5) is 13.2. The van der Waals surface area contributed by atoms with Crippen molar-refractivity contribution in [1.82, 2.24) is 5.32 Å². The second kappa shape index (κ2) is 9.64. The van der Waals surface area contributed by atoms with E-state index < -0.39 is 0 Å². The molecule has 1 N–H and O–H groups in total. The Morgan fingerprint density at radius 2 is 2.04 bits per heavy atom. The fraction of sp³-hybridized carbons (Fsp3) is 0.381. The molecule has 0 radical (unpaired) electrons. The molecular weight excluding hydrogens is 346 g/mol. The molecule has 138 valence electrons. The minimum atomic E-state index is 0.0389. The molecule has 1 aliphatic rings. The summed E-state index contributed by atoms with van der Waals surface area (Å²) in [6.07, 6.45) is 2.42. The molecule has 1 fully saturated rings. The Morgan fingerprint density at radius 3 is 2.77 bits per heavy atom. The van der Waals surface area contributed by atoms with Crippen LogP contribution < -0.4 is 10.1 Å². The molecular formula is C21H25NO3S. The van der Waals surface area contributed by atoms with Crippen LogP contribution in [-0.4, -0.2) is 31.0 Å². The van der Waals surface area contributed by atoms with Crippen LogP contribution in [0.15, 0.2) is 53.4 Å². The van der Waals surface area contributed by atoms with Gasteiger partial charge in [0, 0.05) is 18.0 Å². The third-order valence-corrected chi connectivity index (χ3v) is 5.50. The van der Waals surface area contributed by atoms with E-state index in [1.165, 1.54) is 5.56 Å². The molecule has 0 bridgehead atoms. The quantitative estimate of drug-likeness (QED) is 0.714. The zero-order valence-corrected chi connectivity index (χ0v) is 15.9. The van der Waals surface area contributed by atoms with E-state index in [9.17, 15) is 4.79 Å². The van der Waals surface area contributed by atoms with Crippen molar-refractivity contribution in [2.24, 2.45) is 0 Å². The van der Waals surface area contributed by atoms with Gasteiger partial charge in [0.2, 0.25) is 5.91 Å². The van der Waals surface area contributed by atoms with Gasteiger partial charge in [0.25, 0.3) is 0 Å². The van der Waals surface area contributed by atoms with E-state index in [0.717, 1.165) is 35.7 Å². The van der Waals surface area contributed by atoms with E-state index in [4.69, 9.17) is 9.47 Å². The molecule has 1 heterocycles. The van der Waals surface area contributed by atoms with Crippen molar-refractivity contribution >= 4 is 17.7 Å². The fourth-order valence-electron chi connectivity index (χ4n) is 2.78. The van der Waals surface area contributed by atoms with Crippen molar-refractivity contribution in [3.8, 4) is 5.75 Å². The lowest BCUT2D eigenvalue weighted by Gasteiger charge is -2.12. The first-order chi connectivity index (χ1) is 12.7. The van der Waals surface area contributed by atoms with Gasteiger partial charge >= 0.3 is 0 Å². The number of carbonyl (C=O) groups is 1. The maximum Gasteiger partial charge on any atom is 0.230 e. The van der Waals surface area contributed by atoms with Crippen molar-refractivity contribution in [3.63, 3.8) is 0 Å². The summed E-state index contributed by atoms with van der Waals surface area (Å²) in [5.74, 6) is 1.30. The third kappa shape index (κ3) is 5.78. The van der Waals surface area contributed by atoms with Crippen LogP contribution in [0.2, 0.25) is 0 Å². The smallest absolute Gasteiger partial charge is 0.230 e. The summed E-state index contributed by atoms with van der Waals surface area (Å²) in [7, 11) is 0. The highest BCUT2D eigenvalue weighted by Gasteiger charge is 2.15. The SMILES string of the molecule is Cc1ccccc1SCC(=O)NCc1ccc(OCC2CCCO2)cc1. The first-order valence-corrected chi connectivity index (χ1v) is 9.98. The Labute approximate surface area is 159 Å². The summed E-state index contributed by atoms with van der Waals surface area (Å²) in [5, 5.41) is 2.96. The molecule has 2 aromatic rings. The molecule has 26 heavy (non-hydrogen) atoms. The highest BCUT2D eigenvalue weighted by molar-refractivity contribution is 8.00. The molecule has 1 aliphatic heterocycles. The second-order valence-corrected chi connectivity index (χ2v) is 7.44. The summed E-state index contributed by atoms with van der Waals surface area (Å²) >= 11 is 1.57. The molecule has 1 amide bonds. The molecule has 0 saturated carbocycles. The minimum Gasteiger partial charge on any atom is -0.491 e. The number of ether oxygens (including phenoxy) is 2. The first kappa shape index (κ1) is 18.8. The standard InChI is InChI=1S/C21H25NO3S/c1-16-5-2-3-7-20(16)26-15-21(23)22-13-17-8-10-18(11-9-17)25-14-19-6-4-12-24-19/h2-3,5,7-11,19H,4,6,12-15H2,1H3,(H,22,23). The Balaban J connectivity index is 1.38. The molecule has 1 saturated heterocycles. The van der Waals surface area contributed by atoms with Crippen LogP contribution in [-0.2, 0) is 16.1 Å².